The molecule has 0 saturated carbocycles. The summed E-state index contributed by atoms with van der Waals surface area (Å²) in [7, 11) is 1.81. The van der Waals surface area contributed by atoms with E-state index in [4.69, 9.17) is 16.6 Å². The van der Waals surface area contributed by atoms with Crippen molar-refractivity contribution in [1.82, 2.24) is 0 Å². The van der Waals surface area contributed by atoms with Crippen LogP contribution in [0.5, 0.6) is 0 Å². The number of hydrogen-bond acceptors (Lipinski definition) is 2. The van der Waals surface area contributed by atoms with E-state index in [9.17, 15) is 4.79 Å². The molecule has 1 aliphatic rings. The minimum absolute atomic E-state index is 0.0548. The van der Waals surface area contributed by atoms with E-state index in [1.54, 1.807) is 4.90 Å². The number of benzene rings is 4. The molecule has 33 heavy (non-hydrogen) atoms. The predicted octanol–water partition coefficient (Wildman–Crippen LogP) is 6.68. The molecule has 3 nitrogen and oxygen atoms in total. The molecule has 1 aliphatic heterocycles. The van der Waals surface area contributed by atoms with Gasteiger partial charge in [-0.3, -0.25) is 9.79 Å². The highest BCUT2D eigenvalue weighted by molar-refractivity contribution is 6.31. The van der Waals surface area contributed by atoms with Crippen molar-refractivity contribution in [2.75, 3.05) is 18.5 Å². The third-order valence-electron chi connectivity index (χ3n) is 6.03. The number of hydrogen-bond donors (Lipinski definition) is 0. The fraction of sp³-hybridized carbons (Fsp3) is 0.103. The first-order valence-electron chi connectivity index (χ1n) is 11.0. The third-order valence-corrected chi connectivity index (χ3v) is 6.26. The Bertz CT molecular complexity index is 1340. The highest BCUT2D eigenvalue weighted by Gasteiger charge is 2.18. The molecule has 0 bridgehead atoms. The highest BCUT2D eigenvalue weighted by Crippen LogP contribution is 2.26. The summed E-state index contributed by atoms with van der Waals surface area (Å²) >= 11 is 6.23. The van der Waals surface area contributed by atoms with Crippen LogP contribution in [-0.4, -0.2) is 25.2 Å². The smallest absolute Gasteiger partial charge is 0.258 e. The Morgan fingerprint density at radius 3 is 2.36 bits per heavy atom. The number of nitrogens with zero attached hydrogens (tertiary/aromatic N) is 2. The van der Waals surface area contributed by atoms with Crippen LogP contribution in [0.2, 0.25) is 5.02 Å². The molecule has 4 aromatic carbocycles. The van der Waals surface area contributed by atoms with E-state index in [0.717, 1.165) is 46.6 Å². The Morgan fingerprint density at radius 1 is 0.818 bits per heavy atom. The van der Waals surface area contributed by atoms with Crippen molar-refractivity contribution in [3.8, 4) is 11.1 Å². The number of anilines is 1. The maximum absolute atomic E-state index is 13.2. The van der Waals surface area contributed by atoms with Crippen LogP contribution in [0.3, 0.4) is 0 Å². The molecule has 1 amide bonds. The molecule has 4 heteroatoms. The first-order valence-corrected chi connectivity index (χ1v) is 11.4. The quantitative estimate of drug-likeness (QED) is 0.341. The lowest BCUT2D eigenvalue weighted by Gasteiger charge is -2.20. The van der Waals surface area contributed by atoms with Crippen LogP contribution in [0.4, 0.5) is 5.69 Å². The van der Waals surface area contributed by atoms with Crippen molar-refractivity contribution in [3.63, 3.8) is 0 Å². The van der Waals surface area contributed by atoms with Gasteiger partial charge in [0.1, 0.15) is 0 Å². The SMILES string of the molecule is CN(C(=O)c1ccc(C2=NCCc3ccc(Cl)cc32)cc1)c1cccc(-c2ccccc2)c1. The first kappa shape index (κ1) is 21.2. The Labute approximate surface area is 199 Å². The van der Waals surface area contributed by atoms with Gasteiger partial charge in [-0.2, -0.15) is 0 Å². The summed E-state index contributed by atoms with van der Waals surface area (Å²) in [5, 5.41) is 0.703. The van der Waals surface area contributed by atoms with Crippen LogP contribution < -0.4 is 4.90 Å². The van der Waals surface area contributed by atoms with E-state index in [1.165, 1.54) is 5.56 Å². The molecule has 162 valence electrons. The summed E-state index contributed by atoms with van der Waals surface area (Å²) in [5.41, 5.74) is 7.93. The van der Waals surface area contributed by atoms with Gasteiger partial charge in [-0.1, -0.05) is 72.3 Å². The van der Waals surface area contributed by atoms with Gasteiger partial charge in [-0.15, -0.1) is 0 Å². The molecule has 0 radical (unpaired) electrons. The number of carbonyl (C=O) groups excluding carboxylic acids is 1. The minimum Gasteiger partial charge on any atom is -0.311 e. The molecule has 0 fully saturated rings. The van der Waals surface area contributed by atoms with Gasteiger partial charge in [0, 0.05) is 41.0 Å². The predicted molar refractivity (Wildman–Crippen MR) is 137 cm³/mol. The van der Waals surface area contributed by atoms with Gasteiger partial charge in [0.2, 0.25) is 0 Å². The molecule has 0 unspecified atom stereocenters. The summed E-state index contributed by atoms with van der Waals surface area (Å²) in [4.78, 5) is 19.6. The number of amides is 1. The lowest BCUT2D eigenvalue weighted by molar-refractivity contribution is 0.0993. The Hall–Kier alpha value is -3.69. The maximum atomic E-state index is 13.2. The van der Waals surface area contributed by atoms with Crippen LogP contribution in [-0.2, 0) is 6.42 Å². The van der Waals surface area contributed by atoms with Gasteiger partial charge in [-0.25, -0.2) is 0 Å². The second kappa shape index (κ2) is 9.05. The van der Waals surface area contributed by atoms with E-state index < -0.39 is 0 Å². The van der Waals surface area contributed by atoms with Crippen molar-refractivity contribution in [1.29, 1.82) is 0 Å². The molecule has 0 aromatic heterocycles. The van der Waals surface area contributed by atoms with Gasteiger partial charge >= 0.3 is 0 Å². The molecule has 5 rings (SSSR count). The molecular formula is C29H23ClN2O. The van der Waals surface area contributed by atoms with E-state index in [0.29, 0.717) is 10.6 Å². The fourth-order valence-corrected chi connectivity index (χ4v) is 4.39. The average Bonchev–Trinajstić information content (AvgIpc) is 2.88. The van der Waals surface area contributed by atoms with E-state index in [2.05, 4.69) is 24.3 Å². The largest absolute Gasteiger partial charge is 0.311 e. The number of fused-ring (bicyclic) bond motifs is 1. The Morgan fingerprint density at radius 2 is 1.58 bits per heavy atom. The molecule has 0 N–H and O–H groups in total. The third kappa shape index (κ3) is 4.33. The topological polar surface area (TPSA) is 32.7 Å². The molecule has 0 atom stereocenters. The molecule has 1 heterocycles. The minimum atomic E-state index is -0.0548. The average molecular weight is 451 g/mol. The van der Waals surface area contributed by atoms with Gasteiger partial charge in [0.05, 0.1) is 5.71 Å². The van der Waals surface area contributed by atoms with Crippen molar-refractivity contribution in [2.24, 2.45) is 4.99 Å². The number of halogens is 1. The normalized spacial score (nSPS) is 12.6. The summed E-state index contributed by atoms with van der Waals surface area (Å²) in [5.74, 6) is -0.0548. The first-order chi connectivity index (χ1) is 16.1. The molecule has 0 aliphatic carbocycles. The lowest BCUT2D eigenvalue weighted by atomic mass is 9.93. The maximum Gasteiger partial charge on any atom is 0.258 e. The van der Waals surface area contributed by atoms with Gasteiger partial charge in [-0.05, 0) is 59.5 Å². The monoisotopic (exact) mass is 450 g/mol. The molecule has 4 aromatic rings. The zero-order valence-corrected chi connectivity index (χ0v) is 19.1. The van der Waals surface area contributed by atoms with Crippen LogP contribution in [0.15, 0.2) is 102 Å². The zero-order chi connectivity index (χ0) is 22.8. The second-order valence-corrected chi connectivity index (χ2v) is 8.58. The molecule has 0 spiro atoms. The van der Waals surface area contributed by atoms with Crippen LogP contribution in [0.1, 0.15) is 27.0 Å². The summed E-state index contributed by atoms with van der Waals surface area (Å²) in [6.45, 7) is 0.755. The van der Waals surface area contributed by atoms with Crippen LogP contribution in [0.25, 0.3) is 11.1 Å². The summed E-state index contributed by atoms with van der Waals surface area (Å²) in [6.07, 6.45) is 0.916. The fourth-order valence-electron chi connectivity index (χ4n) is 4.21. The highest BCUT2D eigenvalue weighted by atomic mass is 35.5. The van der Waals surface area contributed by atoms with Gasteiger partial charge in [0.15, 0.2) is 0 Å². The van der Waals surface area contributed by atoms with Gasteiger partial charge < -0.3 is 4.90 Å². The van der Waals surface area contributed by atoms with Crippen LogP contribution in [0, 0.1) is 0 Å². The standard InChI is InChI=1S/C29H23ClN2O/c1-32(26-9-5-8-24(18-26)20-6-3-2-4-7-20)29(33)23-12-10-22(11-13-23)28-27-19-25(30)15-14-21(27)16-17-31-28/h2-15,18-19H,16-17H2,1H3. The van der Waals surface area contributed by atoms with E-state index >= 15 is 0 Å². The Balaban J connectivity index is 1.39. The lowest BCUT2D eigenvalue weighted by Crippen LogP contribution is -2.26. The van der Waals surface area contributed by atoms with E-state index in [-0.39, 0.29) is 5.91 Å². The summed E-state index contributed by atoms with van der Waals surface area (Å²) < 4.78 is 0. The van der Waals surface area contributed by atoms with Crippen molar-refractivity contribution < 1.29 is 4.79 Å². The number of rotatable bonds is 4. The summed E-state index contributed by atoms with van der Waals surface area (Å²) in [6, 6.07) is 31.8. The van der Waals surface area contributed by atoms with Crippen molar-refractivity contribution in [3.05, 3.63) is 124 Å². The Kier molecular flexibility index (Phi) is 5.80. The second-order valence-electron chi connectivity index (χ2n) is 8.14. The van der Waals surface area contributed by atoms with Crippen molar-refractivity contribution >= 4 is 28.9 Å². The molecular weight excluding hydrogens is 428 g/mol. The van der Waals surface area contributed by atoms with Gasteiger partial charge in [0.25, 0.3) is 5.91 Å². The van der Waals surface area contributed by atoms with Crippen molar-refractivity contribution in [2.45, 2.75) is 6.42 Å². The van der Waals surface area contributed by atoms with Crippen LogP contribution >= 0.6 is 11.6 Å². The molecule has 0 saturated heterocycles. The van der Waals surface area contributed by atoms with E-state index in [1.807, 2.05) is 79.8 Å². The zero-order valence-electron chi connectivity index (χ0n) is 18.3. The number of carbonyl (C=O) groups is 1. The number of aliphatic imine (C=N–C) groups is 1.